The number of halogens is 15. The van der Waals surface area contributed by atoms with Crippen LogP contribution in [0.1, 0.15) is 123 Å². The van der Waals surface area contributed by atoms with Crippen molar-refractivity contribution >= 4 is 17.5 Å². The number of alkyl halides is 15. The SMILES string of the molecule is CC(C)n1nc(-c2cnc(N)c(C(F)(F)F)c2)cc1C1[C@H]2CC3(CCN3CC(F)F)C[C@@H]12.Nc1ncc(-c2cc(C3[C@H]4CC(N5CC(CO)C5)C[C@@H]34)n(CC(F)F)n2)cc1C(F)(F)F.Nc1ncc(-c2cc(C3[C@H]4CC(N5CC[C@H](CO)C5)C[C@@H]34)n(CC(F)F)n2)cc1C(F)(F)F. The van der Waals surface area contributed by atoms with Gasteiger partial charge >= 0.3 is 18.5 Å². The molecule has 8 N–H and O–H groups in total. The largest absolute Gasteiger partial charge is 0.419 e. The van der Waals surface area contributed by atoms with Gasteiger partial charge < -0.3 is 27.4 Å². The van der Waals surface area contributed by atoms with Crippen LogP contribution in [0.3, 0.4) is 0 Å². The minimum absolute atomic E-state index is 0.0388. The number of pyridine rings is 3. The maximum absolute atomic E-state index is 13.3. The van der Waals surface area contributed by atoms with Gasteiger partial charge in [-0.05, 0) is 150 Å². The first-order valence-corrected chi connectivity index (χ1v) is 32.8. The molecule has 97 heavy (non-hydrogen) atoms. The summed E-state index contributed by atoms with van der Waals surface area (Å²) in [5.74, 6) is 1.55. The molecular weight excluding hydrogens is 1310 g/mol. The predicted molar refractivity (Wildman–Crippen MR) is 325 cm³/mol. The van der Waals surface area contributed by atoms with Gasteiger partial charge in [0.15, 0.2) is 0 Å². The summed E-state index contributed by atoms with van der Waals surface area (Å²) in [7, 11) is 0. The number of anilines is 3. The Bertz CT molecular complexity index is 3790. The normalized spacial score (nSPS) is 29.2. The lowest BCUT2D eigenvalue weighted by Gasteiger charge is -2.52. The highest BCUT2D eigenvalue weighted by Gasteiger charge is 2.67. The molecular formula is C65H76F15N15O2. The maximum atomic E-state index is 13.3. The molecule has 528 valence electrons. The van der Waals surface area contributed by atoms with Gasteiger partial charge in [0.1, 0.15) is 30.5 Å². The van der Waals surface area contributed by atoms with E-state index in [1.807, 2.05) is 29.5 Å². The van der Waals surface area contributed by atoms with Crippen molar-refractivity contribution in [1.82, 2.24) is 59.0 Å². The minimum atomic E-state index is -4.67. The molecule has 6 aromatic heterocycles. The molecule has 6 aliphatic carbocycles. The Morgan fingerprint density at radius 2 is 0.876 bits per heavy atom. The molecule has 1 spiro atoms. The molecule has 32 heteroatoms. The second kappa shape index (κ2) is 25.8. The summed E-state index contributed by atoms with van der Waals surface area (Å²) >= 11 is 0. The third-order valence-corrected chi connectivity index (χ3v) is 22.2. The number of aliphatic hydroxyl groups excluding tert-OH is 2. The summed E-state index contributed by atoms with van der Waals surface area (Å²) in [5.41, 5.74) is 16.6. The van der Waals surface area contributed by atoms with Crippen molar-refractivity contribution in [2.75, 3.05) is 69.7 Å². The highest BCUT2D eigenvalue weighted by atomic mass is 19.4. The van der Waals surface area contributed by atoms with Crippen molar-refractivity contribution in [3.63, 3.8) is 0 Å². The van der Waals surface area contributed by atoms with E-state index in [1.54, 1.807) is 12.1 Å². The molecule has 0 bridgehead atoms. The molecule has 9 heterocycles. The number of hydrogen-bond acceptors (Lipinski definition) is 14. The van der Waals surface area contributed by atoms with E-state index >= 15 is 0 Å². The molecule has 3 aliphatic heterocycles. The van der Waals surface area contributed by atoms with E-state index in [-0.39, 0.29) is 77.2 Å². The summed E-state index contributed by atoms with van der Waals surface area (Å²) in [4.78, 5) is 17.7. The summed E-state index contributed by atoms with van der Waals surface area (Å²) in [6.45, 7) is 7.38. The molecule has 17 nitrogen and oxygen atoms in total. The van der Waals surface area contributed by atoms with Crippen LogP contribution in [0.2, 0.25) is 0 Å². The lowest BCUT2D eigenvalue weighted by molar-refractivity contribution is -0.137. The fourth-order valence-corrected chi connectivity index (χ4v) is 17.3. The molecule has 6 unspecified atom stereocenters. The average molecular weight is 1380 g/mol. The number of likely N-dealkylation sites (tertiary alicyclic amines) is 3. The van der Waals surface area contributed by atoms with Crippen LogP contribution in [0.15, 0.2) is 55.0 Å². The van der Waals surface area contributed by atoms with Gasteiger partial charge in [0, 0.05) is 139 Å². The number of nitrogen functional groups attached to an aromatic ring is 3. The van der Waals surface area contributed by atoms with E-state index in [9.17, 15) is 76.1 Å². The minimum Gasteiger partial charge on any atom is -0.396 e. The second-order valence-corrected chi connectivity index (χ2v) is 28.4. The van der Waals surface area contributed by atoms with E-state index in [1.165, 1.54) is 28.0 Å². The fraction of sp³-hybridized carbons (Fsp3) is 0.631. The van der Waals surface area contributed by atoms with E-state index in [4.69, 9.17) is 17.2 Å². The van der Waals surface area contributed by atoms with Crippen molar-refractivity contribution < 1.29 is 76.1 Å². The number of nitrogens with two attached hydrogens (primary N) is 3. The number of fused-ring (bicyclic) bond motifs is 3. The zero-order chi connectivity index (χ0) is 69.3. The van der Waals surface area contributed by atoms with Gasteiger partial charge in [-0.15, -0.1) is 0 Å². The van der Waals surface area contributed by atoms with Gasteiger partial charge in [0.05, 0.1) is 40.3 Å². The number of nitrogens with zero attached hydrogens (tertiary/aromatic N) is 12. The van der Waals surface area contributed by atoms with Crippen molar-refractivity contribution in [2.24, 2.45) is 47.3 Å². The fourth-order valence-electron chi connectivity index (χ4n) is 17.3. The van der Waals surface area contributed by atoms with Gasteiger partial charge in [-0.2, -0.15) is 54.8 Å². The molecule has 0 radical (unpaired) electrons. The summed E-state index contributed by atoms with van der Waals surface area (Å²) in [6.07, 6.45) is -10.2. The Labute approximate surface area is 547 Å². The van der Waals surface area contributed by atoms with E-state index in [0.29, 0.717) is 76.5 Å². The maximum Gasteiger partial charge on any atom is 0.419 e. The van der Waals surface area contributed by atoms with Crippen molar-refractivity contribution in [1.29, 1.82) is 0 Å². The lowest BCUT2D eigenvalue weighted by Crippen LogP contribution is -2.60. The smallest absolute Gasteiger partial charge is 0.396 e. The molecule has 3 saturated heterocycles. The second-order valence-electron chi connectivity index (χ2n) is 28.4. The Hall–Kier alpha value is -6.77. The van der Waals surface area contributed by atoms with Gasteiger partial charge in [0.2, 0.25) is 0 Å². The van der Waals surface area contributed by atoms with Gasteiger partial charge in [-0.1, -0.05) is 0 Å². The monoisotopic (exact) mass is 1380 g/mol. The van der Waals surface area contributed by atoms with Crippen LogP contribution in [0.4, 0.5) is 83.3 Å². The predicted octanol–water partition coefficient (Wildman–Crippen LogP) is 11.8. The van der Waals surface area contributed by atoms with Gasteiger partial charge in [0.25, 0.3) is 19.3 Å². The summed E-state index contributed by atoms with van der Waals surface area (Å²) < 4.78 is 202. The average Bonchev–Trinajstić information content (AvgIpc) is 1.54. The quantitative estimate of drug-likeness (QED) is 0.0537. The molecule has 6 saturated carbocycles. The van der Waals surface area contributed by atoms with Crippen LogP contribution in [0.5, 0.6) is 0 Å². The van der Waals surface area contributed by atoms with Crippen LogP contribution in [-0.4, -0.2) is 159 Å². The Morgan fingerprint density at radius 3 is 1.24 bits per heavy atom. The highest BCUT2D eigenvalue weighted by Crippen LogP contribution is 2.70. The van der Waals surface area contributed by atoms with Crippen molar-refractivity contribution in [3.8, 4) is 33.8 Å². The van der Waals surface area contributed by atoms with E-state index in [0.717, 1.165) is 108 Å². The van der Waals surface area contributed by atoms with E-state index < -0.39 is 85.0 Å². The number of hydrogen-bond donors (Lipinski definition) is 5. The lowest BCUT2D eigenvalue weighted by atomic mass is 9.78. The first kappa shape index (κ1) is 68.7. The van der Waals surface area contributed by atoms with Crippen LogP contribution < -0.4 is 17.2 Å². The van der Waals surface area contributed by atoms with Crippen molar-refractivity contribution in [2.45, 2.75) is 158 Å². The first-order valence-electron chi connectivity index (χ1n) is 32.8. The van der Waals surface area contributed by atoms with Crippen LogP contribution in [-0.2, 0) is 31.6 Å². The molecule has 0 aromatic carbocycles. The van der Waals surface area contributed by atoms with Crippen LogP contribution in [0, 0.1) is 47.3 Å². The third-order valence-electron chi connectivity index (χ3n) is 22.2. The molecule has 9 aliphatic rings. The van der Waals surface area contributed by atoms with Gasteiger partial charge in [-0.25, -0.2) is 41.3 Å². The van der Waals surface area contributed by atoms with Crippen LogP contribution in [0.25, 0.3) is 33.8 Å². The number of aromatic nitrogens is 9. The Balaban J connectivity index is 0.000000131. The first-order chi connectivity index (χ1) is 45.8. The molecule has 13 atom stereocenters. The van der Waals surface area contributed by atoms with Crippen LogP contribution >= 0.6 is 0 Å². The summed E-state index contributed by atoms with van der Waals surface area (Å²) in [5, 5.41) is 31.6. The van der Waals surface area contributed by atoms with Crippen molar-refractivity contribution in [3.05, 3.63) is 88.8 Å². The molecule has 15 rings (SSSR count). The highest BCUT2D eigenvalue weighted by molar-refractivity contribution is 5.65. The Kier molecular flexibility index (Phi) is 18.3. The van der Waals surface area contributed by atoms with Gasteiger partial charge in [-0.3, -0.25) is 28.7 Å². The topological polar surface area (TPSA) is 220 Å². The zero-order valence-electron chi connectivity index (χ0n) is 52.9. The Morgan fingerprint density at radius 1 is 0.495 bits per heavy atom. The number of rotatable bonds is 17. The molecule has 0 amide bonds. The molecule has 6 aromatic rings. The van der Waals surface area contributed by atoms with E-state index in [2.05, 4.69) is 40.0 Å². The third kappa shape index (κ3) is 13.6. The standard InChI is InChI=1S/C22H26F5N5O.C22H26F5N5.C21H24F5N5O/c23-19(24)9-32-18(6-17(30-32)12-3-16(22(25,26)27)21(28)29-7-12)20-14-4-13(5-15(14)20)31-2-1-11(8-31)10-33;1-11(2)32-17(6-16(30-32)12-5-15(22(25,26)27)20(28)29-9-12)19-13-7-21(8-14(13)19)3-4-31(21)10-18(23)24;22-18(23)8-31-17(19-13-2-12(3-14(13)19)30-6-10(7-30)9-32)4-16(29-31)11-1-15(21(24,25)26)20(27)28-5-11/h3,6-7,11,13-15,19-20,33H,1-2,4-5,8-10H2,(H2,28,29);5-6,9,11,13-14,18-19H,3-4,7-8,10H2,1-2H3,(H2,28,29);1,4-5,10,12-14,18-19,32H,2-3,6-9H2,(H2,27,28)/t11-,13?,14-,15+,20?;13-,14+,19?,21?;12?,13-,14+,19?/m0../s1. The summed E-state index contributed by atoms with van der Waals surface area (Å²) in [6, 6.07) is 8.78. The number of aliphatic hydroxyl groups is 2. The zero-order valence-corrected chi connectivity index (χ0v) is 52.9. The molecule has 9 fully saturated rings.